The van der Waals surface area contributed by atoms with Gasteiger partial charge in [0.2, 0.25) is 5.88 Å². The van der Waals surface area contributed by atoms with E-state index in [2.05, 4.69) is 24.1 Å². The third-order valence-electron chi connectivity index (χ3n) is 4.99. The fourth-order valence-corrected chi connectivity index (χ4v) is 3.25. The molecule has 4 heterocycles. The van der Waals surface area contributed by atoms with Crippen molar-refractivity contribution in [3.63, 3.8) is 0 Å². The molecule has 0 radical (unpaired) electrons. The van der Waals surface area contributed by atoms with Crippen LogP contribution in [0.2, 0.25) is 0 Å². The highest BCUT2D eigenvalue weighted by molar-refractivity contribution is 5.86. The SMILES string of the molecule is Cn1ccc(-c2cc3ncccc3c(OC[C@@H]3CNC(C)(C)CCO3)n2)c1. The summed E-state index contributed by atoms with van der Waals surface area (Å²) in [6, 6.07) is 7.95. The smallest absolute Gasteiger partial charge is 0.223 e. The molecule has 6 heteroatoms. The molecular weight excluding hydrogens is 340 g/mol. The second-order valence-electron chi connectivity index (χ2n) is 7.77. The van der Waals surface area contributed by atoms with Crippen molar-refractivity contribution >= 4 is 10.9 Å². The van der Waals surface area contributed by atoms with Crippen molar-refractivity contribution in [3.05, 3.63) is 42.9 Å². The lowest BCUT2D eigenvalue weighted by Gasteiger charge is -2.23. The van der Waals surface area contributed by atoms with E-state index in [1.54, 1.807) is 6.20 Å². The molecule has 4 rings (SSSR count). The molecule has 0 spiro atoms. The Morgan fingerprint density at radius 2 is 2.26 bits per heavy atom. The monoisotopic (exact) mass is 366 g/mol. The molecule has 142 valence electrons. The van der Waals surface area contributed by atoms with Gasteiger partial charge in [0, 0.05) is 49.9 Å². The summed E-state index contributed by atoms with van der Waals surface area (Å²) in [5, 5.41) is 4.46. The van der Waals surface area contributed by atoms with Crippen LogP contribution < -0.4 is 10.1 Å². The lowest BCUT2D eigenvalue weighted by atomic mass is 10.0. The molecule has 1 atom stereocenters. The molecule has 0 saturated carbocycles. The maximum atomic E-state index is 6.13. The summed E-state index contributed by atoms with van der Waals surface area (Å²) in [6.45, 7) is 6.35. The Labute approximate surface area is 159 Å². The van der Waals surface area contributed by atoms with Crippen LogP contribution in [-0.2, 0) is 11.8 Å². The van der Waals surface area contributed by atoms with Gasteiger partial charge in [-0.1, -0.05) is 0 Å². The second kappa shape index (κ2) is 7.29. The Hall–Kier alpha value is -2.44. The van der Waals surface area contributed by atoms with E-state index in [0.29, 0.717) is 12.5 Å². The number of nitrogens with zero attached hydrogens (tertiary/aromatic N) is 3. The number of nitrogens with one attached hydrogen (secondary N) is 1. The number of hydrogen-bond donors (Lipinski definition) is 1. The summed E-state index contributed by atoms with van der Waals surface area (Å²) in [7, 11) is 2.00. The molecule has 6 nitrogen and oxygen atoms in total. The molecule has 1 aliphatic rings. The molecule has 0 bridgehead atoms. The molecule has 3 aromatic heterocycles. The maximum Gasteiger partial charge on any atom is 0.223 e. The van der Waals surface area contributed by atoms with Crippen LogP contribution in [-0.4, -0.2) is 45.9 Å². The number of rotatable bonds is 4. The summed E-state index contributed by atoms with van der Waals surface area (Å²) < 4.78 is 14.1. The lowest BCUT2D eigenvalue weighted by molar-refractivity contribution is 0.0311. The van der Waals surface area contributed by atoms with Crippen molar-refractivity contribution in [1.29, 1.82) is 0 Å². The Bertz CT molecular complexity index is 935. The topological polar surface area (TPSA) is 61.2 Å². The molecule has 0 aromatic carbocycles. The van der Waals surface area contributed by atoms with Crippen molar-refractivity contribution in [2.45, 2.75) is 31.9 Å². The zero-order valence-electron chi connectivity index (χ0n) is 16.1. The molecule has 0 aliphatic carbocycles. The van der Waals surface area contributed by atoms with Gasteiger partial charge in [-0.3, -0.25) is 4.98 Å². The number of pyridine rings is 2. The van der Waals surface area contributed by atoms with Crippen molar-refractivity contribution in [2.24, 2.45) is 7.05 Å². The predicted octanol–water partition coefficient (Wildman–Crippen LogP) is 3.17. The van der Waals surface area contributed by atoms with Gasteiger partial charge in [-0.25, -0.2) is 4.98 Å². The van der Waals surface area contributed by atoms with E-state index < -0.39 is 0 Å². The highest BCUT2D eigenvalue weighted by Crippen LogP contribution is 2.28. The summed E-state index contributed by atoms with van der Waals surface area (Å²) in [4.78, 5) is 9.26. The highest BCUT2D eigenvalue weighted by atomic mass is 16.5. The number of hydrogen-bond acceptors (Lipinski definition) is 5. The number of ether oxygens (including phenoxy) is 2. The van der Waals surface area contributed by atoms with Crippen LogP contribution in [0.3, 0.4) is 0 Å². The van der Waals surface area contributed by atoms with E-state index in [-0.39, 0.29) is 11.6 Å². The van der Waals surface area contributed by atoms with Crippen molar-refractivity contribution in [2.75, 3.05) is 19.8 Å². The highest BCUT2D eigenvalue weighted by Gasteiger charge is 2.24. The van der Waals surface area contributed by atoms with E-state index in [0.717, 1.165) is 41.7 Å². The first kappa shape index (κ1) is 17.9. The van der Waals surface area contributed by atoms with E-state index in [1.165, 1.54) is 0 Å². The molecule has 0 amide bonds. The average molecular weight is 366 g/mol. The van der Waals surface area contributed by atoms with Gasteiger partial charge in [-0.2, -0.15) is 0 Å². The number of aromatic nitrogens is 3. The van der Waals surface area contributed by atoms with Crippen LogP contribution in [0.5, 0.6) is 5.88 Å². The third kappa shape index (κ3) is 4.12. The normalized spacial score (nSPS) is 19.7. The number of aryl methyl sites for hydroxylation is 1. The Kier molecular flexibility index (Phi) is 4.85. The molecule has 1 N–H and O–H groups in total. The Morgan fingerprint density at radius 1 is 1.37 bits per heavy atom. The van der Waals surface area contributed by atoms with E-state index in [1.807, 2.05) is 48.3 Å². The minimum Gasteiger partial charge on any atom is -0.474 e. The van der Waals surface area contributed by atoms with Crippen molar-refractivity contribution < 1.29 is 9.47 Å². The van der Waals surface area contributed by atoms with Crippen LogP contribution >= 0.6 is 0 Å². The predicted molar refractivity (Wildman–Crippen MR) is 106 cm³/mol. The Balaban J connectivity index is 1.58. The number of fused-ring (bicyclic) bond motifs is 1. The largest absolute Gasteiger partial charge is 0.474 e. The molecule has 27 heavy (non-hydrogen) atoms. The minimum absolute atomic E-state index is 0.000628. The maximum absolute atomic E-state index is 6.13. The fourth-order valence-electron chi connectivity index (χ4n) is 3.25. The van der Waals surface area contributed by atoms with Crippen molar-refractivity contribution in [1.82, 2.24) is 19.9 Å². The summed E-state index contributed by atoms with van der Waals surface area (Å²) in [5.41, 5.74) is 2.88. The standard InChI is InChI=1S/C21H26N4O2/c1-21(2)7-10-26-16(12-23-21)14-27-20-17-5-4-8-22-19(17)11-18(24-20)15-6-9-25(3)13-15/h4-6,8-9,11,13,16,23H,7,10,12,14H2,1-3H3/t16-/m0/s1. The van der Waals surface area contributed by atoms with Gasteiger partial charge in [0.15, 0.2) is 0 Å². The van der Waals surface area contributed by atoms with Crippen LogP contribution in [0.1, 0.15) is 20.3 Å². The quantitative estimate of drug-likeness (QED) is 0.768. The van der Waals surface area contributed by atoms with E-state index in [9.17, 15) is 0 Å². The zero-order chi connectivity index (χ0) is 18.9. The van der Waals surface area contributed by atoms with Gasteiger partial charge < -0.3 is 19.4 Å². The van der Waals surface area contributed by atoms with Gasteiger partial charge in [0.1, 0.15) is 12.7 Å². The summed E-state index contributed by atoms with van der Waals surface area (Å²) >= 11 is 0. The van der Waals surface area contributed by atoms with Gasteiger partial charge in [0.25, 0.3) is 0 Å². The fraction of sp³-hybridized carbons (Fsp3) is 0.429. The van der Waals surface area contributed by atoms with Crippen molar-refractivity contribution in [3.8, 4) is 17.1 Å². The van der Waals surface area contributed by atoms with E-state index in [4.69, 9.17) is 14.5 Å². The molecular formula is C21H26N4O2. The van der Waals surface area contributed by atoms with Gasteiger partial charge >= 0.3 is 0 Å². The first-order chi connectivity index (χ1) is 13.0. The van der Waals surface area contributed by atoms with Gasteiger partial charge in [0.05, 0.1) is 16.6 Å². The lowest BCUT2D eigenvalue weighted by Crippen LogP contribution is -2.42. The first-order valence-corrected chi connectivity index (χ1v) is 9.38. The first-order valence-electron chi connectivity index (χ1n) is 9.38. The van der Waals surface area contributed by atoms with Gasteiger partial charge in [-0.05, 0) is 44.5 Å². The van der Waals surface area contributed by atoms with Gasteiger partial charge in [-0.15, -0.1) is 0 Å². The minimum atomic E-state index is 0.000628. The van der Waals surface area contributed by atoms with Crippen LogP contribution in [0.25, 0.3) is 22.2 Å². The Morgan fingerprint density at radius 3 is 3.07 bits per heavy atom. The summed E-state index contributed by atoms with van der Waals surface area (Å²) in [5.74, 6) is 0.603. The molecule has 1 fully saturated rings. The molecule has 0 unspecified atom stereocenters. The molecule has 3 aromatic rings. The average Bonchev–Trinajstić information content (AvgIpc) is 3.01. The third-order valence-corrected chi connectivity index (χ3v) is 4.99. The van der Waals surface area contributed by atoms with Crippen LogP contribution in [0.15, 0.2) is 42.9 Å². The van der Waals surface area contributed by atoms with E-state index >= 15 is 0 Å². The molecule has 1 aliphatic heterocycles. The summed E-state index contributed by atoms with van der Waals surface area (Å²) in [6.07, 6.45) is 6.83. The second-order valence-corrected chi connectivity index (χ2v) is 7.77. The zero-order valence-corrected chi connectivity index (χ0v) is 16.1. The van der Waals surface area contributed by atoms with Crippen LogP contribution in [0, 0.1) is 0 Å². The molecule has 1 saturated heterocycles. The van der Waals surface area contributed by atoms with Crippen LogP contribution in [0.4, 0.5) is 0 Å².